The minimum absolute atomic E-state index is 0.0567. The minimum atomic E-state index is -4.54. The topological polar surface area (TPSA) is 36.1 Å². The molecule has 0 amide bonds. The Labute approximate surface area is 119 Å². The van der Waals surface area contributed by atoms with Gasteiger partial charge in [0.2, 0.25) is 5.56 Å². The van der Waals surface area contributed by atoms with E-state index >= 15 is 0 Å². The van der Waals surface area contributed by atoms with Gasteiger partial charge in [0.25, 0.3) is 0 Å². The molecule has 0 fully saturated rings. The number of halogens is 3. The van der Waals surface area contributed by atoms with Crippen LogP contribution in [0.3, 0.4) is 0 Å². The highest BCUT2D eigenvalue weighted by Crippen LogP contribution is 2.37. The number of aromatic nitrogens is 1. The molecule has 1 aliphatic heterocycles. The molecule has 1 aliphatic rings. The van der Waals surface area contributed by atoms with E-state index < -0.39 is 17.3 Å². The molecule has 21 heavy (non-hydrogen) atoms. The van der Waals surface area contributed by atoms with Crippen LogP contribution in [0.4, 0.5) is 18.9 Å². The molecule has 0 saturated heterocycles. The molecule has 0 saturated carbocycles. The Bertz CT molecular complexity index is 749. The van der Waals surface area contributed by atoms with Gasteiger partial charge in [-0.15, -0.1) is 0 Å². The number of hydrogen-bond acceptors (Lipinski definition) is 2. The van der Waals surface area contributed by atoms with Crippen molar-refractivity contribution in [2.24, 2.45) is 0 Å². The Morgan fingerprint density at radius 1 is 1.29 bits per heavy atom. The van der Waals surface area contributed by atoms with Crippen molar-refractivity contribution >= 4 is 16.6 Å². The number of aromatic amines is 1. The number of hydrogen-bond donors (Lipinski definition) is 1. The fraction of sp³-hybridized carbons (Fsp3) is 0.400. The van der Waals surface area contributed by atoms with Crippen LogP contribution >= 0.6 is 0 Å². The fourth-order valence-corrected chi connectivity index (χ4v) is 2.98. The van der Waals surface area contributed by atoms with Crippen LogP contribution in [0.1, 0.15) is 24.5 Å². The Balaban J connectivity index is 2.33. The molecule has 3 rings (SSSR count). The quantitative estimate of drug-likeness (QED) is 0.876. The van der Waals surface area contributed by atoms with Crippen LogP contribution < -0.4 is 10.5 Å². The van der Waals surface area contributed by atoms with E-state index in [9.17, 15) is 18.0 Å². The van der Waals surface area contributed by atoms with Gasteiger partial charge in [0.05, 0.1) is 5.56 Å². The van der Waals surface area contributed by atoms with E-state index in [0.717, 1.165) is 37.2 Å². The Kier molecular flexibility index (Phi) is 3.19. The summed E-state index contributed by atoms with van der Waals surface area (Å²) in [5, 5.41) is 0.0567. The van der Waals surface area contributed by atoms with Crippen LogP contribution in [0, 0.1) is 0 Å². The van der Waals surface area contributed by atoms with Crippen molar-refractivity contribution in [3.8, 4) is 0 Å². The number of rotatable bonds is 1. The number of nitrogens with one attached hydrogen (secondary N) is 1. The average Bonchev–Trinajstić information content (AvgIpc) is 2.42. The van der Waals surface area contributed by atoms with Gasteiger partial charge >= 0.3 is 6.18 Å². The Hall–Kier alpha value is -1.98. The molecular formula is C15H15F3N2O. The van der Waals surface area contributed by atoms with Crippen molar-refractivity contribution in [2.45, 2.75) is 25.9 Å². The lowest BCUT2D eigenvalue weighted by Gasteiger charge is -2.30. The van der Waals surface area contributed by atoms with Crippen LogP contribution in [0.5, 0.6) is 0 Å². The second kappa shape index (κ2) is 4.79. The molecule has 1 aromatic carbocycles. The molecule has 3 nitrogen and oxygen atoms in total. The lowest BCUT2D eigenvalue weighted by Crippen LogP contribution is -2.29. The first-order valence-electron chi connectivity index (χ1n) is 6.92. The predicted octanol–water partition coefficient (Wildman–Crippen LogP) is 3.32. The number of nitrogens with zero attached hydrogens (tertiary/aromatic N) is 1. The number of benzene rings is 1. The van der Waals surface area contributed by atoms with Gasteiger partial charge in [0.15, 0.2) is 0 Å². The van der Waals surface area contributed by atoms with Gasteiger partial charge in [-0.1, -0.05) is 0 Å². The summed E-state index contributed by atoms with van der Waals surface area (Å²) in [5.74, 6) is 0. The first-order valence-corrected chi connectivity index (χ1v) is 6.92. The molecule has 1 N–H and O–H groups in total. The standard InChI is InChI=1S/C15H15F3N2O/c1-2-20-5-3-4-9-6-12-10(7-13(9)20)11(15(16,17)18)8-14(21)19-12/h6-8H,2-5H2,1H3,(H,19,21). The molecule has 0 aliphatic carbocycles. The van der Waals surface area contributed by atoms with Crippen molar-refractivity contribution in [1.82, 2.24) is 4.98 Å². The zero-order chi connectivity index (χ0) is 15.2. The maximum Gasteiger partial charge on any atom is 0.417 e. The molecule has 0 unspecified atom stereocenters. The van der Waals surface area contributed by atoms with Gasteiger partial charge < -0.3 is 9.88 Å². The molecule has 2 aromatic rings. The third-order valence-electron chi connectivity index (χ3n) is 3.94. The summed E-state index contributed by atoms with van der Waals surface area (Å²) in [6.45, 7) is 3.58. The molecule has 0 radical (unpaired) electrons. The van der Waals surface area contributed by atoms with Crippen molar-refractivity contribution in [2.75, 3.05) is 18.0 Å². The second-order valence-electron chi connectivity index (χ2n) is 5.25. The van der Waals surface area contributed by atoms with E-state index in [4.69, 9.17) is 0 Å². The van der Waals surface area contributed by atoms with E-state index in [1.165, 1.54) is 0 Å². The highest BCUT2D eigenvalue weighted by atomic mass is 19.4. The largest absolute Gasteiger partial charge is 0.417 e. The van der Waals surface area contributed by atoms with Crippen molar-refractivity contribution < 1.29 is 13.2 Å². The van der Waals surface area contributed by atoms with Crippen LogP contribution in [-0.2, 0) is 12.6 Å². The number of aryl methyl sites for hydroxylation is 1. The highest BCUT2D eigenvalue weighted by molar-refractivity contribution is 5.88. The van der Waals surface area contributed by atoms with Gasteiger partial charge in [-0.05, 0) is 37.5 Å². The van der Waals surface area contributed by atoms with Gasteiger partial charge in [-0.2, -0.15) is 13.2 Å². The normalized spacial score (nSPS) is 15.3. The third-order valence-corrected chi connectivity index (χ3v) is 3.94. The minimum Gasteiger partial charge on any atom is -0.372 e. The van der Waals surface area contributed by atoms with Gasteiger partial charge in [0, 0.05) is 35.7 Å². The first kappa shape index (κ1) is 14.0. The van der Waals surface area contributed by atoms with Crippen LogP contribution in [0.2, 0.25) is 0 Å². The molecule has 0 atom stereocenters. The maximum absolute atomic E-state index is 13.1. The third kappa shape index (κ3) is 2.39. The summed E-state index contributed by atoms with van der Waals surface area (Å²) in [6, 6.07) is 3.88. The molecule has 0 spiro atoms. The van der Waals surface area contributed by atoms with E-state index in [2.05, 4.69) is 9.88 Å². The summed E-state index contributed by atoms with van der Waals surface area (Å²) in [6.07, 6.45) is -2.75. The summed E-state index contributed by atoms with van der Waals surface area (Å²) in [7, 11) is 0. The van der Waals surface area contributed by atoms with Gasteiger partial charge in [0.1, 0.15) is 0 Å². The van der Waals surface area contributed by atoms with Crippen molar-refractivity contribution in [3.05, 3.63) is 39.7 Å². The predicted molar refractivity (Wildman–Crippen MR) is 75.8 cm³/mol. The summed E-state index contributed by atoms with van der Waals surface area (Å²) < 4.78 is 39.4. The zero-order valence-corrected chi connectivity index (χ0v) is 11.5. The van der Waals surface area contributed by atoms with Gasteiger partial charge in [-0.3, -0.25) is 4.79 Å². The maximum atomic E-state index is 13.1. The number of alkyl halides is 3. The van der Waals surface area contributed by atoms with Crippen molar-refractivity contribution in [1.29, 1.82) is 0 Å². The first-order chi connectivity index (χ1) is 9.90. The van der Waals surface area contributed by atoms with E-state index in [0.29, 0.717) is 6.07 Å². The van der Waals surface area contributed by atoms with Gasteiger partial charge in [-0.25, -0.2) is 0 Å². The Morgan fingerprint density at radius 2 is 2.05 bits per heavy atom. The Morgan fingerprint density at radius 3 is 2.71 bits per heavy atom. The van der Waals surface area contributed by atoms with E-state index in [-0.39, 0.29) is 10.9 Å². The van der Waals surface area contributed by atoms with E-state index in [1.54, 1.807) is 12.1 Å². The highest BCUT2D eigenvalue weighted by Gasteiger charge is 2.34. The van der Waals surface area contributed by atoms with Crippen LogP contribution in [0.25, 0.3) is 10.9 Å². The number of anilines is 1. The molecule has 2 heterocycles. The smallest absolute Gasteiger partial charge is 0.372 e. The SMILES string of the molecule is CCN1CCCc2cc3[nH]c(=O)cc(C(F)(F)F)c3cc21. The summed E-state index contributed by atoms with van der Waals surface area (Å²) in [4.78, 5) is 16.1. The molecule has 0 bridgehead atoms. The van der Waals surface area contributed by atoms with Crippen LogP contribution in [-0.4, -0.2) is 18.1 Å². The monoisotopic (exact) mass is 296 g/mol. The lowest BCUT2D eigenvalue weighted by molar-refractivity contribution is -0.136. The number of H-pyrrole nitrogens is 1. The molecule has 6 heteroatoms. The lowest BCUT2D eigenvalue weighted by atomic mass is 9.97. The number of fused-ring (bicyclic) bond motifs is 2. The van der Waals surface area contributed by atoms with Crippen LogP contribution in [0.15, 0.2) is 23.0 Å². The number of pyridine rings is 1. The average molecular weight is 296 g/mol. The summed E-state index contributed by atoms with van der Waals surface area (Å²) >= 11 is 0. The zero-order valence-electron chi connectivity index (χ0n) is 11.5. The second-order valence-corrected chi connectivity index (χ2v) is 5.25. The van der Waals surface area contributed by atoms with Crippen molar-refractivity contribution in [3.63, 3.8) is 0 Å². The summed E-state index contributed by atoms with van der Waals surface area (Å²) in [5.41, 5.74) is 0.495. The fourth-order valence-electron chi connectivity index (χ4n) is 2.98. The molecule has 112 valence electrons. The van der Waals surface area contributed by atoms with E-state index in [1.807, 2.05) is 6.92 Å². The molecule has 1 aromatic heterocycles. The molecular weight excluding hydrogens is 281 g/mol.